The number of aromatic nitrogens is 3. The van der Waals surface area contributed by atoms with Crippen molar-refractivity contribution in [1.82, 2.24) is 15.2 Å². The van der Waals surface area contributed by atoms with E-state index < -0.39 is 0 Å². The summed E-state index contributed by atoms with van der Waals surface area (Å²) in [5.41, 5.74) is 0.640. The Morgan fingerprint density at radius 3 is 2.69 bits per heavy atom. The van der Waals surface area contributed by atoms with Crippen molar-refractivity contribution in [2.24, 2.45) is 0 Å². The van der Waals surface area contributed by atoms with Crippen LogP contribution in [-0.2, 0) is 0 Å². The van der Waals surface area contributed by atoms with Gasteiger partial charge in [-0.1, -0.05) is 0 Å². The lowest BCUT2D eigenvalue weighted by molar-refractivity contribution is 0.538. The van der Waals surface area contributed by atoms with E-state index >= 15 is 0 Å². The molecule has 0 atom stereocenters. The van der Waals surface area contributed by atoms with E-state index in [0.29, 0.717) is 16.4 Å². The molecule has 0 aromatic carbocycles. The van der Waals surface area contributed by atoms with Crippen molar-refractivity contribution in [2.45, 2.75) is 0 Å². The van der Waals surface area contributed by atoms with Crippen molar-refractivity contribution in [3.05, 3.63) is 27.6 Å². The fraction of sp³-hybridized carbons (Fsp3) is 0. The van der Waals surface area contributed by atoms with Gasteiger partial charge in [0.2, 0.25) is 0 Å². The minimum absolute atomic E-state index is 0.347. The molecule has 0 amide bonds. The van der Waals surface area contributed by atoms with Crippen molar-refractivity contribution >= 4 is 31.9 Å². The van der Waals surface area contributed by atoms with Gasteiger partial charge in [-0.15, -0.1) is 10.2 Å². The van der Waals surface area contributed by atoms with Crippen LogP contribution in [0, 0.1) is 0 Å². The normalized spacial score (nSPS) is 10.3. The number of hydrogen-bond donors (Lipinski definition) is 0. The molecular formula is C7H3Br2N3O. The minimum Gasteiger partial charge on any atom is -0.409 e. The van der Waals surface area contributed by atoms with Gasteiger partial charge in [0.1, 0.15) is 5.69 Å². The summed E-state index contributed by atoms with van der Waals surface area (Å²) in [6.07, 6.45) is 1.66. The van der Waals surface area contributed by atoms with Crippen LogP contribution >= 0.6 is 31.9 Å². The lowest BCUT2D eigenvalue weighted by Crippen LogP contribution is -1.83. The topological polar surface area (TPSA) is 51.8 Å². The Kier molecular flexibility index (Phi) is 2.41. The van der Waals surface area contributed by atoms with Crippen LogP contribution in [0.15, 0.2) is 32.0 Å². The molecule has 0 aliphatic heterocycles. The first kappa shape index (κ1) is 8.83. The highest BCUT2D eigenvalue weighted by molar-refractivity contribution is 9.10. The summed E-state index contributed by atoms with van der Waals surface area (Å²) in [7, 11) is 0. The molecule has 0 saturated carbocycles. The third kappa shape index (κ3) is 1.78. The Bertz CT molecular complexity index is 429. The predicted octanol–water partition coefficient (Wildman–Crippen LogP) is 2.66. The Labute approximate surface area is 90.6 Å². The maximum Gasteiger partial charge on any atom is 0.285 e. The molecule has 2 heterocycles. The van der Waals surface area contributed by atoms with E-state index in [-0.39, 0.29) is 0 Å². The molecular weight excluding hydrogens is 302 g/mol. The Morgan fingerprint density at radius 1 is 1.23 bits per heavy atom. The Balaban J connectivity index is 2.52. The monoisotopic (exact) mass is 303 g/mol. The van der Waals surface area contributed by atoms with Crippen LogP contribution in [0.4, 0.5) is 0 Å². The zero-order chi connectivity index (χ0) is 9.26. The molecule has 0 aliphatic rings. The summed E-state index contributed by atoms with van der Waals surface area (Å²) >= 11 is 6.41. The van der Waals surface area contributed by atoms with E-state index in [1.807, 2.05) is 12.1 Å². The van der Waals surface area contributed by atoms with Crippen LogP contribution in [0.2, 0.25) is 0 Å². The van der Waals surface area contributed by atoms with Crippen molar-refractivity contribution in [3.63, 3.8) is 0 Å². The van der Waals surface area contributed by atoms with Gasteiger partial charge in [0.15, 0.2) is 0 Å². The first-order valence-electron chi connectivity index (χ1n) is 3.37. The van der Waals surface area contributed by atoms with Crippen LogP contribution in [0.25, 0.3) is 11.6 Å². The molecule has 2 rings (SSSR count). The van der Waals surface area contributed by atoms with Gasteiger partial charge in [-0.25, -0.2) is 4.98 Å². The molecule has 0 N–H and O–H groups in total. The highest BCUT2D eigenvalue weighted by Gasteiger charge is 2.10. The second-order valence-electron chi connectivity index (χ2n) is 2.19. The highest BCUT2D eigenvalue weighted by Crippen LogP contribution is 2.25. The fourth-order valence-corrected chi connectivity index (χ4v) is 1.50. The average molecular weight is 305 g/mol. The number of halogens is 2. The molecule has 0 radical (unpaired) electrons. The van der Waals surface area contributed by atoms with Crippen LogP contribution in [0.5, 0.6) is 0 Å². The van der Waals surface area contributed by atoms with Crippen molar-refractivity contribution in [3.8, 4) is 11.6 Å². The second kappa shape index (κ2) is 3.55. The van der Waals surface area contributed by atoms with Gasteiger partial charge >= 0.3 is 0 Å². The molecule has 2 aromatic heterocycles. The van der Waals surface area contributed by atoms with Gasteiger partial charge in [-0.3, -0.25) is 0 Å². The van der Waals surface area contributed by atoms with Gasteiger partial charge in [0.05, 0.1) is 0 Å². The third-order valence-electron chi connectivity index (χ3n) is 1.36. The number of pyridine rings is 1. The Hall–Kier alpha value is -0.750. The predicted molar refractivity (Wildman–Crippen MR) is 52.9 cm³/mol. The number of hydrogen-bond acceptors (Lipinski definition) is 4. The SMILES string of the molecule is Brc1nnc(-c2ncccc2Br)o1. The molecule has 0 spiro atoms. The van der Waals surface area contributed by atoms with E-state index in [1.54, 1.807) is 6.20 Å². The third-order valence-corrected chi connectivity index (χ3v) is 2.32. The van der Waals surface area contributed by atoms with Crippen molar-refractivity contribution < 1.29 is 4.42 Å². The van der Waals surface area contributed by atoms with Crippen LogP contribution in [0.3, 0.4) is 0 Å². The summed E-state index contributed by atoms with van der Waals surface area (Å²) in [5.74, 6) is 0.388. The molecule has 0 aliphatic carbocycles. The summed E-state index contributed by atoms with van der Waals surface area (Å²) in [4.78, 5) is 4.45. The second-order valence-corrected chi connectivity index (χ2v) is 3.73. The van der Waals surface area contributed by atoms with E-state index in [1.165, 1.54) is 0 Å². The molecule has 0 saturated heterocycles. The summed E-state index contributed by atoms with van der Waals surface area (Å²) in [6.45, 7) is 0. The van der Waals surface area contributed by atoms with Crippen molar-refractivity contribution in [2.75, 3.05) is 0 Å². The van der Waals surface area contributed by atoms with Gasteiger partial charge in [-0.05, 0) is 28.1 Å². The standard InChI is InChI=1S/C7H3Br2N3O/c8-4-2-1-3-10-5(4)6-11-12-7(9)13-6/h1-3H. The van der Waals surface area contributed by atoms with Gasteiger partial charge < -0.3 is 4.42 Å². The van der Waals surface area contributed by atoms with E-state index in [9.17, 15) is 0 Å². The average Bonchev–Trinajstić information content (AvgIpc) is 2.53. The molecule has 0 fully saturated rings. The molecule has 2 aromatic rings. The molecule has 0 bridgehead atoms. The maximum absolute atomic E-state index is 5.15. The van der Waals surface area contributed by atoms with E-state index in [2.05, 4.69) is 47.0 Å². The summed E-state index contributed by atoms with van der Waals surface area (Å²) < 4.78 is 5.98. The fourth-order valence-electron chi connectivity index (χ4n) is 0.844. The molecule has 66 valence electrons. The first-order valence-corrected chi connectivity index (χ1v) is 4.96. The van der Waals surface area contributed by atoms with E-state index in [4.69, 9.17) is 4.42 Å². The summed E-state index contributed by atoms with van der Waals surface area (Å²) in [6, 6.07) is 3.68. The lowest BCUT2D eigenvalue weighted by Gasteiger charge is -1.94. The number of rotatable bonds is 1. The first-order chi connectivity index (χ1) is 6.27. The molecule has 4 nitrogen and oxygen atoms in total. The van der Waals surface area contributed by atoms with Crippen LogP contribution < -0.4 is 0 Å². The van der Waals surface area contributed by atoms with Crippen LogP contribution in [-0.4, -0.2) is 15.2 Å². The molecule has 13 heavy (non-hydrogen) atoms. The lowest BCUT2D eigenvalue weighted by atomic mass is 10.3. The largest absolute Gasteiger partial charge is 0.409 e. The van der Waals surface area contributed by atoms with Crippen LogP contribution in [0.1, 0.15) is 0 Å². The molecule has 0 unspecified atom stereocenters. The summed E-state index contributed by atoms with van der Waals surface area (Å²) in [5, 5.41) is 7.46. The zero-order valence-electron chi connectivity index (χ0n) is 6.24. The van der Waals surface area contributed by atoms with E-state index in [0.717, 1.165) is 4.47 Å². The number of nitrogens with zero attached hydrogens (tertiary/aromatic N) is 3. The Morgan fingerprint density at radius 2 is 2.08 bits per heavy atom. The van der Waals surface area contributed by atoms with Gasteiger partial charge in [-0.2, -0.15) is 0 Å². The molecule has 6 heteroatoms. The quantitative estimate of drug-likeness (QED) is 0.813. The smallest absolute Gasteiger partial charge is 0.285 e. The maximum atomic E-state index is 5.15. The minimum atomic E-state index is 0.347. The zero-order valence-corrected chi connectivity index (χ0v) is 9.41. The van der Waals surface area contributed by atoms with Gasteiger partial charge in [0.25, 0.3) is 10.7 Å². The highest BCUT2D eigenvalue weighted by atomic mass is 79.9. The van der Waals surface area contributed by atoms with Crippen molar-refractivity contribution in [1.29, 1.82) is 0 Å². The van der Waals surface area contributed by atoms with Gasteiger partial charge in [0, 0.05) is 26.6 Å².